The number of anilines is 1. The lowest BCUT2D eigenvalue weighted by molar-refractivity contribution is 0.251. The molecule has 2 aromatic carbocycles. The first kappa shape index (κ1) is 16.0. The van der Waals surface area contributed by atoms with E-state index < -0.39 is 0 Å². The van der Waals surface area contributed by atoms with Crippen molar-refractivity contribution in [2.24, 2.45) is 0 Å². The number of carbonyl (C=O) groups excluding carboxylic acids is 1. The van der Waals surface area contributed by atoms with Gasteiger partial charge >= 0.3 is 6.03 Å². The van der Waals surface area contributed by atoms with Crippen LogP contribution < -0.4 is 24.8 Å². The second-order valence-electron chi connectivity index (χ2n) is 5.42. The maximum atomic E-state index is 12.1. The minimum Gasteiger partial charge on any atom is -0.493 e. The van der Waals surface area contributed by atoms with Gasteiger partial charge in [-0.15, -0.1) is 0 Å². The van der Waals surface area contributed by atoms with E-state index in [0.717, 1.165) is 29.0 Å². The molecule has 2 N–H and O–H groups in total. The zero-order chi connectivity index (χ0) is 16.9. The summed E-state index contributed by atoms with van der Waals surface area (Å²) in [5.41, 5.74) is 2.79. The third-order valence-electron chi connectivity index (χ3n) is 3.85. The number of amides is 2. The van der Waals surface area contributed by atoms with Crippen LogP contribution in [0, 0.1) is 0 Å². The molecule has 24 heavy (non-hydrogen) atoms. The van der Waals surface area contributed by atoms with Gasteiger partial charge in [0.15, 0.2) is 11.5 Å². The number of rotatable bonds is 5. The van der Waals surface area contributed by atoms with E-state index in [4.69, 9.17) is 14.2 Å². The number of methoxy groups -OCH3 is 2. The van der Waals surface area contributed by atoms with Gasteiger partial charge in [0.1, 0.15) is 5.75 Å². The summed E-state index contributed by atoms with van der Waals surface area (Å²) in [4.78, 5) is 12.1. The molecule has 0 spiro atoms. The van der Waals surface area contributed by atoms with E-state index in [2.05, 4.69) is 10.6 Å². The molecule has 2 aromatic rings. The number of nitrogens with one attached hydrogen (secondary N) is 2. The number of hydrogen-bond acceptors (Lipinski definition) is 4. The van der Waals surface area contributed by atoms with Crippen molar-refractivity contribution in [2.75, 3.05) is 26.1 Å². The van der Waals surface area contributed by atoms with Gasteiger partial charge in [-0.2, -0.15) is 0 Å². The van der Waals surface area contributed by atoms with Crippen LogP contribution in [0.5, 0.6) is 17.2 Å². The van der Waals surface area contributed by atoms with Crippen LogP contribution in [0.15, 0.2) is 36.4 Å². The van der Waals surface area contributed by atoms with Crippen LogP contribution in [0.25, 0.3) is 0 Å². The average Bonchev–Trinajstić information content (AvgIpc) is 3.07. The Morgan fingerprint density at radius 2 is 1.96 bits per heavy atom. The summed E-state index contributed by atoms with van der Waals surface area (Å²) in [6, 6.07) is 10.9. The highest BCUT2D eigenvalue weighted by molar-refractivity contribution is 5.89. The van der Waals surface area contributed by atoms with Gasteiger partial charge < -0.3 is 24.8 Å². The average molecular weight is 328 g/mol. The number of hydrogen-bond donors (Lipinski definition) is 2. The molecular weight excluding hydrogens is 308 g/mol. The predicted octanol–water partition coefficient (Wildman–Crippen LogP) is 2.96. The third kappa shape index (κ3) is 3.53. The predicted molar refractivity (Wildman–Crippen MR) is 91.0 cm³/mol. The number of fused-ring (bicyclic) bond motifs is 1. The minimum atomic E-state index is -0.261. The van der Waals surface area contributed by atoms with Crippen LogP contribution in [0.1, 0.15) is 11.1 Å². The molecule has 6 heteroatoms. The van der Waals surface area contributed by atoms with E-state index in [-0.39, 0.29) is 6.03 Å². The molecule has 0 unspecified atom stereocenters. The van der Waals surface area contributed by atoms with Crippen LogP contribution in [-0.4, -0.2) is 26.9 Å². The SMILES string of the molecule is COc1ccc(CNC(=O)Nc2ccc3c(c2)CCO3)cc1OC. The zero-order valence-corrected chi connectivity index (χ0v) is 13.7. The van der Waals surface area contributed by atoms with Gasteiger partial charge in [0, 0.05) is 18.7 Å². The van der Waals surface area contributed by atoms with Crippen molar-refractivity contribution in [2.45, 2.75) is 13.0 Å². The molecule has 0 aromatic heterocycles. The van der Waals surface area contributed by atoms with Gasteiger partial charge in [0.25, 0.3) is 0 Å². The molecule has 2 amide bonds. The summed E-state index contributed by atoms with van der Waals surface area (Å²) >= 11 is 0. The van der Waals surface area contributed by atoms with Crippen molar-refractivity contribution in [3.05, 3.63) is 47.5 Å². The molecule has 1 aliphatic heterocycles. The van der Waals surface area contributed by atoms with Gasteiger partial charge in [-0.25, -0.2) is 4.79 Å². The summed E-state index contributed by atoms with van der Waals surface area (Å²) in [5, 5.41) is 5.66. The second-order valence-corrected chi connectivity index (χ2v) is 5.42. The molecule has 1 heterocycles. The lowest BCUT2D eigenvalue weighted by atomic mass is 10.1. The van der Waals surface area contributed by atoms with E-state index in [0.29, 0.717) is 24.7 Å². The van der Waals surface area contributed by atoms with Crippen molar-refractivity contribution < 1.29 is 19.0 Å². The molecule has 0 radical (unpaired) electrons. The van der Waals surface area contributed by atoms with Crippen molar-refractivity contribution in [3.8, 4) is 17.2 Å². The molecule has 3 rings (SSSR count). The molecule has 0 saturated carbocycles. The lowest BCUT2D eigenvalue weighted by Crippen LogP contribution is -2.28. The standard InChI is InChI=1S/C18H20N2O4/c1-22-16-5-3-12(9-17(16)23-2)11-19-18(21)20-14-4-6-15-13(10-14)7-8-24-15/h3-6,9-10H,7-8,11H2,1-2H3,(H2,19,20,21). The maximum absolute atomic E-state index is 12.1. The largest absolute Gasteiger partial charge is 0.493 e. The van der Waals surface area contributed by atoms with Crippen molar-refractivity contribution in [1.82, 2.24) is 5.32 Å². The fourth-order valence-corrected chi connectivity index (χ4v) is 2.61. The molecular formula is C18H20N2O4. The fourth-order valence-electron chi connectivity index (χ4n) is 2.61. The van der Waals surface area contributed by atoms with E-state index in [1.165, 1.54) is 0 Å². The van der Waals surface area contributed by atoms with Crippen LogP contribution in [0.4, 0.5) is 10.5 Å². The summed E-state index contributed by atoms with van der Waals surface area (Å²) in [6.45, 7) is 1.09. The first-order chi connectivity index (χ1) is 11.7. The van der Waals surface area contributed by atoms with E-state index in [1.54, 1.807) is 14.2 Å². The first-order valence-corrected chi connectivity index (χ1v) is 7.71. The number of urea groups is 1. The highest BCUT2D eigenvalue weighted by Crippen LogP contribution is 2.28. The highest BCUT2D eigenvalue weighted by atomic mass is 16.5. The van der Waals surface area contributed by atoms with Crippen molar-refractivity contribution >= 4 is 11.7 Å². The summed E-state index contributed by atoms with van der Waals surface area (Å²) in [7, 11) is 3.17. The molecule has 0 atom stereocenters. The third-order valence-corrected chi connectivity index (χ3v) is 3.85. The second kappa shape index (κ2) is 7.12. The Morgan fingerprint density at radius 1 is 1.12 bits per heavy atom. The Kier molecular flexibility index (Phi) is 4.74. The normalized spacial score (nSPS) is 12.1. The van der Waals surface area contributed by atoms with Gasteiger partial charge in [0.05, 0.1) is 20.8 Å². The number of ether oxygens (including phenoxy) is 3. The summed E-state index contributed by atoms with van der Waals surface area (Å²) < 4.78 is 15.9. The minimum absolute atomic E-state index is 0.261. The molecule has 0 saturated heterocycles. The first-order valence-electron chi connectivity index (χ1n) is 7.71. The highest BCUT2D eigenvalue weighted by Gasteiger charge is 2.13. The van der Waals surface area contributed by atoms with Gasteiger partial charge in [-0.1, -0.05) is 6.07 Å². The van der Waals surface area contributed by atoms with Crippen molar-refractivity contribution in [3.63, 3.8) is 0 Å². The fraction of sp³-hybridized carbons (Fsp3) is 0.278. The summed E-state index contributed by atoms with van der Waals surface area (Å²) in [5.74, 6) is 2.19. The smallest absolute Gasteiger partial charge is 0.319 e. The monoisotopic (exact) mass is 328 g/mol. The molecule has 1 aliphatic rings. The van der Waals surface area contributed by atoms with Gasteiger partial charge in [-0.3, -0.25) is 0 Å². The van der Waals surface area contributed by atoms with Crippen molar-refractivity contribution in [1.29, 1.82) is 0 Å². The Labute approximate surface area is 140 Å². The van der Waals surface area contributed by atoms with Gasteiger partial charge in [-0.05, 0) is 41.5 Å². The Hall–Kier alpha value is -2.89. The maximum Gasteiger partial charge on any atom is 0.319 e. The molecule has 126 valence electrons. The topological polar surface area (TPSA) is 68.8 Å². The summed E-state index contributed by atoms with van der Waals surface area (Å²) in [6.07, 6.45) is 0.873. The van der Waals surface area contributed by atoms with Crippen LogP contribution in [0.3, 0.4) is 0 Å². The molecule has 0 fully saturated rings. The molecule has 0 aliphatic carbocycles. The molecule has 6 nitrogen and oxygen atoms in total. The van der Waals surface area contributed by atoms with Crippen LogP contribution in [-0.2, 0) is 13.0 Å². The Bertz CT molecular complexity index is 746. The van der Waals surface area contributed by atoms with Gasteiger partial charge in [0.2, 0.25) is 0 Å². The van der Waals surface area contributed by atoms with E-state index in [1.807, 2.05) is 36.4 Å². The lowest BCUT2D eigenvalue weighted by Gasteiger charge is -2.11. The quantitative estimate of drug-likeness (QED) is 0.885. The number of carbonyl (C=O) groups is 1. The Morgan fingerprint density at radius 3 is 2.75 bits per heavy atom. The zero-order valence-electron chi connectivity index (χ0n) is 13.7. The Balaban J connectivity index is 1.57. The molecule has 0 bridgehead atoms. The number of benzene rings is 2. The van der Waals surface area contributed by atoms with Crippen LogP contribution >= 0.6 is 0 Å². The van der Waals surface area contributed by atoms with E-state index in [9.17, 15) is 4.79 Å². The van der Waals surface area contributed by atoms with E-state index >= 15 is 0 Å². The van der Waals surface area contributed by atoms with Crippen LogP contribution in [0.2, 0.25) is 0 Å².